The summed E-state index contributed by atoms with van der Waals surface area (Å²) < 4.78 is 12.6. The Kier molecular flexibility index (Phi) is 2.19. The lowest BCUT2D eigenvalue weighted by molar-refractivity contribution is 0.450. The minimum atomic E-state index is -0.172. The summed E-state index contributed by atoms with van der Waals surface area (Å²) >= 11 is 0. The number of benzene rings is 1. The van der Waals surface area contributed by atoms with Crippen molar-refractivity contribution in [3.63, 3.8) is 0 Å². The van der Waals surface area contributed by atoms with Crippen molar-refractivity contribution in [1.82, 2.24) is 5.32 Å². The van der Waals surface area contributed by atoms with E-state index in [9.17, 15) is 4.39 Å². The number of hydrogen-bond acceptors (Lipinski definition) is 2. The van der Waals surface area contributed by atoms with Gasteiger partial charge in [0.25, 0.3) is 0 Å². The number of likely N-dealkylation sites (N-methyl/N-ethyl adjacent to an activating group) is 1. The summed E-state index contributed by atoms with van der Waals surface area (Å²) in [6.07, 6.45) is 0. The smallest absolute Gasteiger partial charge is 0.123 e. The molecular formula is C10H13FN2. The van der Waals surface area contributed by atoms with Crippen LogP contribution in [0.3, 0.4) is 0 Å². The van der Waals surface area contributed by atoms with E-state index < -0.39 is 0 Å². The molecule has 0 unspecified atom stereocenters. The van der Waals surface area contributed by atoms with Gasteiger partial charge in [0, 0.05) is 24.8 Å². The molecule has 2 rings (SSSR count). The Morgan fingerprint density at radius 2 is 1.92 bits per heavy atom. The molecule has 3 heteroatoms. The Balaban J connectivity index is 1.99. The monoisotopic (exact) mass is 180 g/mol. The van der Waals surface area contributed by atoms with Gasteiger partial charge in [-0.05, 0) is 31.3 Å². The fourth-order valence-corrected chi connectivity index (χ4v) is 1.52. The number of halogens is 1. The second-order valence-corrected chi connectivity index (χ2v) is 3.37. The molecule has 2 nitrogen and oxygen atoms in total. The van der Waals surface area contributed by atoms with Crippen LogP contribution in [0.25, 0.3) is 0 Å². The molecule has 0 saturated carbocycles. The Morgan fingerprint density at radius 3 is 2.46 bits per heavy atom. The maximum absolute atomic E-state index is 12.6. The van der Waals surface area contributed by atoms with Crippen molar-refractivity contribution in [3.8, 4) is 0 Å². The molecule has 1 heterocycles. The predicted molar refractivity (Wildman–Crippen MR) is 51.5 cm³/mol. The Hall–Kier alpha value is -1.09. The Morgan fingerprint density at radius 1 is 1.31 bits per heavy atom. The van der Waals surface area contributed by atoms with Crippen LogP contribution in [0.15, 0.2) is 24.3 Å². The number of anilines is 1. The molecular weight excluding hydrogens is 167 g/mol. The summed E-state index contributed by atoms with van der Waals surface area (Å²) in [5.74, 6) is -0.172. The molecule has 0 aliphatic carbocycles. The van der Waals surface area contributed by atoms with Crippen LogP contribution in [0.2, 0.25) is 0 Å². The summed E-state index contributed by atoms with van der Waals surface area (Å²) in [5, 5.41) is 3.20. The first-order chi connectivity index (χ1) is 6.29. The van der Waals surface area contributed by atoms with Gasteiger partial charge in [-0.1, -0.05) is 0 Å². The normalized spacial score (nSPS) is 17.2. The van der Waals surface area contributed by atoms with Crippen LogP contribution >= 0.6 is 0 Å². The quantitative estimate of drug-likeness (QED) is 0.736. The van der Waals surface area contributed by atoms with Crippen LogP contribution in [-0.2, 0) is 0 Å². The van der Waals surface area contributed by atoms with Crippen LogP contribution < -0.4 is 10.2 Å². The van der Waals surface area contributed by atoms with Gasteiger partial charge in [-0.25, -0.2) is 4.39 Å². The van der Waals surface area contributed by atoms with Gasteiger partial charge in [-0.15, -0.1) is 0 Å². The zero-order valence-electron chi connectivity index (χ0n) is 7.63. The third-order valence-corrected chi connectivity index (χ3v) is 2.48. The van der Waals surface area contributed by atoms with Gasteiger partial charge in [-0.3, -0.25) is 0 Å². The largest absolute Gasteiger partial charge is 0.368 e. The highest BCUT2D eigenvalue weighted by molar-refractivity contribution is 5.49. The highest BCUT2D eigenvalue weighted by Gasteiger charge is 2.24. The summed E-state index contributed by atoms with van der Waals surface area (Å²) in [4.78, 5) is 2.22. The first kappa shape index (κ1) is 8.51. The highest BCUT2D eigenvalue weighted by atomic mass is 19.1. The van der Waals surface area contributed by atoms with Gasteiger partial charge in [0.15, 0.2) is 0 Å². The average molecular weight is 180 g/mol. The van der Waals surface area contributed by atoms with E-state index in [4.69, 9.17) is 0 Å². The van der Waals surface area contributed by atoms with Gasteiger partial charge in [0.05, 0.1) is 0 Å². The molecule has 13 heavy (non-hydrogen) atoms. The van der Waals surface area contributed by atoms with E-state index in [1.807, 2.05) is 19.2 Å². The van der Waals surface area contributed by atoms with Crippen molar-refractivity contribution in [3.05, 3.63) is 30.1 Å². The molecule has 0 spiro atoms. The van der Waals surface area contributed by atoms with E-state index in [0.717, 1.165) is 18.8 Å². The minimum Gasteiger partial charge on any atom is -0.368 e. The molecule has 0 atom stereocenters. The molecule has 0 bridgehead atoms. The topological polar surface area (TPSA) is 15.3 Å². The summed E-state index contributed by atoms with van der Waals surface area (Å²) in [5.41, 5.74) is 1.10. The summed E-state index contributed by atoms with van der Waals surface area (Å²) in [7, 11) is 1.96. The molecule has 0 radical (unpaired) electrons. The van der Waals surface area contributed by atoms with Crippen molar-refractivity contribution in [2.24, 2.45) is 0 Å². The second-order valence-electron chi connectivity index (χ2n) is 3.37. The first-order valence-electron chi connectivity index (χ1n) is 4.47. The molecule has 70 valence electrons. The van der Waals surface area contributed by atoms with E-state index >= 15 is 0 Å². The van der Waals surface area contributed by atoms with Crippen LogP contribution in [0.4, 0.5) is 10.1 Å². The molecule has 1 aromatic carbocycles. The van der Waals surface area contributed by atoms with E-state index in [0.29, 0.717) is 6.04 Å². The second kappa shape index (κ2) is 3.34. The zero-order valence-corrected chi connectivity index (χ0v) is 7.63. The fraction of sp³-hybridized carbons (Fsp3) is 0.400. The SMILES string of the molecule is CNC1CN(c2ccc(F)cc2)C1. The van der Waals surface area contributed by atoms with Crippen LogP contribution in [0, 0.1) is 5.82 Å². The lowest BCUT2D eigenvalue weighted by Gasteiger charge is -2.40. The summed E-state index contributed by atoms with van der Waals surface area (Å²) in [6, 6.07) is 7.23. The molecule has 0 aromatic heterocycles. The predicted octanol–water partition coefficient (Wildman–Crippen LogP) is 1.23. The number of hydrogen-bond donors (Lipinski definition) is 1. The molecule has 1 saturated heterocycles. The maximum atomic E-state index is 12.6. The van der Waals surface area contributed by atoms with Gasteiger partial charge in [0.2, 0.25) is 0 Å². The van der Waals surface area contributed by atoms with Crippen molar-refractivity contribution >= 4 is 5.69 Å². The number of nitrogens with zero attached hydrogens (tertiary/aromatic N) is 1. The molecule has 1 aliphatic heterocycles. The van der Waals surface area contributed by atoms with E-state index in [1.54, 1.807) is 0 Å². The fourth-order valence-electron chi connectivity index (χ4n) is 1.52. The lowest BCUT2D eigenvalue weighted by Crippen LogP contribution is -2.57. The van der Waals surface area contributed by atoms with Crippen molar-refractivity contribution in [2.75, 3.05) is 25.0 Å². The molecule has 1 aliphatic rings. The van der Waals surface area contributed by atoms with Gasteiger partial charge in [0.1, 0.15) is 5.82 Å². The first-order valence-corrected chi connectivity index (χ1v) is 4.47. The van der Waals surface area contributed by atoms with E-state index in [-0.39, 0.29) is 5.82 Å². The third-order valence-electron chi connectivity index (χ3n) is 2.48. The van der Waals surface area contributed by atoms with Crippen molar-refractivity contribution in [1.29, 1.82) is 0 Å². The van der Waals surface area contributed by atoms with Gasteiger partial charge < -0.3 is 10.2 Å². The molecule has 1 N–H and O–H groups in total. The molecule has 0 amide bonds. The van der Waals surface area contributed by atoms with Crippen molar-refractivity contribution < 1.29 is 4.39 Å². The van der Waals surface area contributed by atoms with E-state index in [2.05, 4.69) is 10.2 Å². The van der Waals surface area contributed by atoms with Crippen LogP contribution in [-0.4, -0.2) is 26.2 Å². The standard InChI is InChI=1S/C10H13FN2/c1-12-9-6-13(7-9)10-4-2-8(11)3-5-10/h2-5,9,12H,6-7H2,1H3. The third kappa shape index (κ3) is 1.65. The number of nitrogens with one attached hydrogen (secondary N) is 1. The Bertz CT molecular complexity index is 277. The highest BCUT2D eigenvalue weighted by Crippen LogP contribution is 2.20. The average Bonchev–Trinajstić information content (AvgIpc) is 2.06. The van der Waals surface area contributed by atoms with Crippen LogP contribution in [0.1, 0.15) is 0 Å². The van der Waals surface area contributed by atoms with Crippen molar-refractivity contribution in [2.45, 2.75) is 6.04 Å². The number of rotatable bonds is 2. The lowest BCUT2D eigenvalue weighted by atomic mass is 10.1. The maximum Gasteiger partial charge on any atom is 0.123 e. The molecule has 1 aromatic rings. The molecule has 1 fully saturated rings. The summed E-state index contributed by atoms with van der Waals surface area (Å²) in [6.45, 7) is 2.03. The van der Waals surface area contributed by atoms with E-state index in [1.165, 1.54) is 12.1 Å². The Labute approximate surface area is 77.4 Å². The van der Waals surface area contributed by atoms with Crippen LogP contribution in [0.5, 0.6) is 0 Å². The van der Waals surface area contributed by atoms with Gasteiger partial charge >= 0.3 is 0 Å². The minimum absolute atomic E-state index is 0.172. The zero-order chi connectivity index (χ0) is 9.26. The van der Waals surface area contributed by atoms with Gasteiger partial charge in [-0.2, -0.15) is 0 Å².